The van der Waals surface area contributed by atoms with E-state index >= 15 is 0 Å². The summed E-state index contributed by atoms with van der Waals surface area (Å²) in [5.41, 5.74) is 0.623. The van der Waals surface area contributed by atoms with E-state index in [0.29, 0.717) is 11.7 Å². The lowest BCUT2D eigenvalue weighted by Gasteiger charge is -2.40. The molecule has 0 radical (unpaired) electrons. The molecule has 126 valence electrons. The number of nitrogens with zero attached hydrogens (tertiary/aromatic N) is 6. The van der Waals surface area contributed by atoms with Gasteiger partial charge in [-0.05, 0) is 29.2 Å². The molecule has 0 unspecified atom stereocenters. The van der Waals surface area contributed by atoms with Crippen molar-refractivity contribution in [2.45, 2.75) is 24.9 Å². The second-order valence-electron chi connectivity index (χ2n) is 6.77. The third kappa shape index (κ3) is 2.10. The van der Waals surface area contributed by atoms with Crippen molar-refractivity contribution in [1.82, 2.24) is 35.1 Å². The van der Waals surface area contributed by atoms with E-state index in [-0.39, 0.29) is 18.0 Å². The summed E-state index contributed by atoms with van der Waals surface area (Å²) in [5, 5.41) is 11.8. The van der Waals surface area contributed by atoms with Gasteiger partial charge in [-0.2, -0.15) is 0 Å². The summed E-state index contributed by atoms with van der Waals surface area (Å²) in [4.78, 5) is 22.5. The van der Waals surface area contributed by atoms with Gasteiger partial charge in [0.25, 0.3) is 0 Å². The van der Waals surface area contributed by atoms with Crippen LogP contribution in [0.4, 0.5) is 0 Å². The van der Waals surface area contributed by atoms with Gasteiger partial charge in [0.15, 0.2) is 5.82 Å². The summed E-state index contributed by atoms with van der Waals surface area (Å²) < 4.78 is 1.57. The van der Waals surface area contributed by atoms with Crippen molar-refractivity contribution in [3.05, 3.63) is 48.5 Å². The second kappa shape index (κ2) is 5.23. The molecule has 8 heteroatoms. The van der Waals surface area contributed by atoms with Crippen LogP contribution in [0.2, 0.25) is 0 Å². The highest BCUT2D eigenvalue weighted by Crippen LogP contribution is 2.56. The van der Waals surface area contributed by atoms with Crippen LogP contribution in [0.1, 0.15) is 18.7 Å². The Labute approximate surface area is 143 Å². The van der Waals surface area contributed by atoms with Crippen LogP contribution in [0.15, 0.2) is 42.7 Å². The monoisotopic (exact) mass is 335 g/mol. The summed E-state index contributed by atoms with van der Waals surface area (Å²) in [6.45, 7) is 0.911. The summed E-state index contributed by atoms with van der Waals surface area (Å²) in [6, 6.07) is 9.66. The first-order valence-corrected chi connectivity index (χ1v) is 8.38. The number of fused-ring (bicyclic) bond motifs is 1. The Kier molecular flexibility index (Phi) is 3.00. The van der Waals surface area contributed by atoms with Crippen molar-refractivity contribution in [2.75, 3.05) is 6.54 Å². The topological polar surface area (TPSA) is 92.6 Å². The molecule has 0 atom stereocenters. The first-order chi connectivity index (χ1) is 12.3. The van der Waals surface area contributed by atoms with E-state index < -0.39 is 0 Å². The predicted molar refractivity (Wildman–Crippen MR) is 88.0 cm³/mol. The van der Waals surface area contributed by atoms with E-state index in [9.17, 15) is 4.79 Å². The number of hydrogen-bond acceptors (Lipinski definition) is 5. The smallest absolute Gasteiger partial charge is 0.245 e. The number of imidazole rings is 1. The van der Waals surface area contributed by atoms with Gasteiger partial charge in [0.05, 0.1) is 0 Å². The van der Waals surface area contributed by atoms with Gasteiger partial charge in [-0.15, -0.1) is 5.10 Å². The molecule has 1 aromatic carbocycles. The van der Waals surface area contributed by atoms with Crippen molar-refractivity contribution in [3.63, 3.8) is 0 Å². The Bertz CT molecular complexity index is 896. The average molecular weight is 335 g/mol. The number of tetrazole rings is 1. The first kappa shape index (κ1) is 14.3. The highest BCUT2D eigenvalue weighted by Gasteiger charge is 2.60. The number of amides is 1. The second-order valence-corrected chi connectivity index (χ2v) is 6.77. The Morgan fingerprint density at radius 2 is 2.12 bits per heavy atom. The average Bonchev–Trinajstić information content (AvgIpc) is 3.36. The zero-order valence-corrected chi connectivity index (χ0v) is 13.5. The molecule has 6 rings (SSSR count). The number of carbonyl (C=O) groups excluding carboxylic acids is 1. The van der Waals surface area contributed by atoms with E-state index in [1.54, 1.807) is 10.9 Å². The van der Waals surface area contributed by atoms with Gasteiger partial charge in [0.2, 0.25) is 5.91 Å². The maximum atomic E-state index is 13.0. The number of H-pyrrole nitrogens is 1. The van der Waals surface area contributed by atoms with E-state index in [2.05, 4.69) is 25.5 Å². The van der Waals surface area contributed by atoms with Crippen molar-refractivity contribution in [1.29, 1.82) is 0 Å². The minimum atomic E-state index is -0.272. The van der Waals surface area contributed by atoms with Crippen molar-refractivity contribution in [2.24, 2.45) is 5.92 Å². The molecule has 2 saturated heterocycles. The van der Waals surface area contributed by atoms with Crippen molar-refractivity contribution < 1.29 is 4.79 Å². The van der Waals surface area contributed by atoms with E-state index in [4.69, 9.17) is 0 Å². The molecule has 2 aromatic heterocycles. The number of carbonyl (C=O) groups is 1. The maximum absolute atomic E-state index is 13.0. The number of aromatic nitrogens is 6. The molecule has 4 heterocycles. The fraction of sp³-hybridized carbons (Fsp3) is 0.353. The lowest BCUT2D eigenvalue weighted by atomic mass is 9.72. The molecule has 2 bridgehead atoms. The number of aromatic amines is 1. The van der Waals surface area contributed by atoms with Crippen LogP contribution in [0.5, 0.6) is 0 Å². The lowest BCUT2D eigenvalue weighted by molar-refractivity contribution is -0.136. The lowest BCUT2D eigenvalue weighted by Crippen LogP contribution is -2.47. The molecule has 8 nitrogen and oxygen atoms in total. The van der Waals surface area contributed by atoms with Gasteiger partial charge in [0, 0.05) is 24.5 Å². The minimum absolute atomic E-state index is 0.0286. The summed E-state index contributed by atoms with van der Waals surface area (Å²) >= 11 is 0. The predicted octanol–water partition coefficient (Wildman–Crippen LogP) is 1.21. The molecular formula is C17H17N7O. The SMILES string of the molecule is O=C(Cn1nnnc1-c1ccccc1)N1CC2CC1(c1ncc[nH]1)C2. The van der Waals surface area contributed by atoms with Gasteiger partial charge >= 0.3 is 0 Å². The van der Waals surface area contributed by atoms with Gasteiger partial charge < -0.3 is 9.88 Å². The van der Waals surface area contributed by atoms with Crippen LogP contribution in [0.3, 0.4) is 0 Å². The van der Waals surface area contributed by atoms with Crippen LogP contribution >= 0.6 is 0 Å². The Morgan fingerprint density at radius 3 is 2.88 bits per heavy atom. The highest BCUT2D eigenvalue weighted by molar-refractivity contribution is 5.78. The number of benzene rings is 1. The van der Waals surface area contributed by atoms with Gasteiger partial charge in [-0.25, -0.2) is 9.67 Å². The molecule has 3 aliphatic rings. The number of nitrogens with one attached hydrogen (secondary N) is 1. The van der Waals surface area contributed by atoms with Crippen molar-refractivity contribution in [3.8, 4) is 11.4 Å². The third-order valence-electron chi connectivity index (χ3n) is 5.30. The molecule has 25 heavy (non-hydrogen) atoms. The molecule has 0 spiro atoms. The van der Waals surface area contributed by atoms with Crippen LogP contribution in [0, 0.1) is 5.92 Å². The Balaban J connectivity index is 1.41. The number of rotatable bonds is 4. The molecule has 3 aromatic rings. The maximum Gasteiger partial charge on any atom is 0.245 e. The molecular weight excluding hydrogens is 318 g/mol. The van der Waals surface area contributed by atoms with E-state index in [1.807, 2.05) is 41.4 Å². The Morgan fingerprint density at radius 1 is 1.28 bits per heavy atom. The minimum Gasteiger partial charge on any atom is -0.347 e. The van der Waals surface area contributed by atoms with Crippen molar-refractivity contribution >= 4 is 5.91 Å². The quantitative estimate of drug-likeness (QED) is 0.774. The van der Waals surface area contributed by atoms with E-state index in [1.165, 1.54) is 0 Å². The molecule has 3 fully saturated rings. The third-order valence-corrected chi connectivity index (χ3v) is 5.30. The van der Waals surface area contributed by atoms with E-state index in [0.717, 1.165) is 30.8 Å². The summed E-state index contributed by atoms with van der Waals surface area (Å²) in [7, 11) is 0. The van der Waals surface area contributed by atoms with Crippen LogP contribution in [0.25, 0.3) is 11.4 Å². The highest BCUT2D eigenvalue weighted by atomic mass is 16.2. The van der Waals surface area contributed by atoms with Gasteiger partial charge in [0.1, 0.15) is 17.9 Å². The van der Waals surface area contributed by atoms with Crippen LogP contribution in [-0.2, 0) is 16.9 Å². The standard InChI is InChI=1S/C17H17N7O/c25-14(11-24-15(20-21-22-24)13-4-2-1-3-5-13)23-10-12-8-17(23,9-12)16-18-6-7-19-16/h1-7,12H,8-11H2,(H,18,19). The summed E-state index contributed by atoms with van der Waals surface area (Å²) in [6.07, 6.45) is 5.52. The molecule has 1 N–H and O–H groups in total. The molecule has 1 aliphatic carbocycles. The van der Waals surface area contributed by atoms with Crippen LogP contribution in [-0.4, -0.2) is 47.5 Å². The Hall–Kier alpha value is -3.03. The zero-order valence-electron chi connectivity index (χ0n) is 13.5. The largest absolute Gasteiger partial charge is 0.347 e. The first-order valence-electron chi connectivity index (χ1n) is 8.38. The van der Waals surface area contributed by atoms with Crippen LogP contribution < -0.4 is 0 Å². The van der Waals surface area contributed by atoms with Gasteiger partial charge in [-0.1, -0.05) is 30.3 Å². The fourth-order valence-corrected chi connectivity index (χ4v) is 4.18. The molecule has 1 amide bonds. The molecule has 1 saturated carbocycles. The molecule has 2 aliphatic heterocycles. The zero-order chi connectivity index (χ0) is 16.9. The van der Waals surface area contributed by atoms with Gasteiger partial charge in [-0.3, -0.25) is 4.79 Å². The normalized spacial score (nSPS) is 24.3. The fourth-order valence-electron chi connectivity index (χ4n) is 4.18. The summed E-state index contributed by atoms with van der Waals surface area (Å²) in [5.74, 6) is 2.08. The number of hydrogen-bond donors (Lipinski definition) is 1.